The van der Waals surface area contributed by atoms with Gasteiger partial charge in [-0.1, -0.05) is 46.9 Å². The number of amides is 1. The van der Waals surface area contributed by atoms with Crippen molar-refractivity contribution in [3.8, 4) is 11.8 Å². The van der Waals surface area contributed by atoms with Gasteiger partial charge in [0, 0.05) is 48.9 Å². The van der Waals surface area contributed by atoms with Crippen molar-refractivity contribution in [2.75, 3.05) is 32.6 Å². The molecule has 0 bridgehead atoms. The van der Waals surface area contributed by atoms with Gasteiger partial charge in [0.1, 0.15) is 0 Å². The SMILES string of the molecule is Cc1ccc(S(=O)(=O)ON(O)C(=O)C(C)(CCn2ncc3cc(C#Cc4ccc(CN5CCOCC5)cc4)ccc32)S(C)(=O)=O)cc1. The van der Waals surface area contributed by atoms with E-state index in [-0.39, 0.29) is 17.9 Å². The minimum absolute atomic E-state index is 0.0425. The molecule has 1 aliphatic heterocycles. The molecule has 1 fully saturated rings. The van der Waals surface area contributed by atoms with Crippen molar-refractivity contribution < 1.29 is 35.9 Å². The number of carbonyl (C=O) groups excluding carboxylic acids is 1. The highest BCUT2D eigenvalue weighted by Crippen LogP contribution is 2.27. The maximum Gasteiger partial charge on any atom is 0.319 e. The molecule has 5 rings (SSSR count). The van der Waals surface area contributed by atoms with Gasteiger partial charge in [0.2, 0.25) is 0 Å². The zero-order chi connectivity index (χ0) is 33.8. The summed E-state index contributed by atoms with van der Waals surface area (Å²) in [6, 6.07) is 19.1. The van der Waals surface area contributed by atoms with Crippen molar-refractivity contribution in [2.45, 2.75) is 43.0 Å². The minimum atomic E-state index is -4.62. The molecule has 248 valence electrons. The summed E-state index contributed by atoms with van der Waals surface area (Å²) >= 11 is 0. The summed E-state index contributed by atoms with van der Waals surface area (Å²) in [7, 11) is -8.81. The lowest BCUT2D eigenvalue weighted by Crippen LogP contribution is -2.51. The summed E-state index contributed by atoms with van der Waals surface area (Å²) in [4.78, 5) is 15.2. The molecular weight excluding hydrogens is 645 g/mol. The number of nitrogens with zero attached hydrogens (tertiary/aromatic N) is 4. The molecule has 1 saturated heterocycles. The Balaban J connectivity index is 1.26. The van der Waals surface area contributed by atoms with Crippen LogP contribution >= 0.6 is 0 Å². The number of aryl methyl sites for hydroxylation is 2. The Morgan fingerprint density at radius 2 is 1.64 bits per heavy atom. The Bertz CT molecular complexity index is 2030. The van der Waals surface area contributed by atoms with Crippen LogP contribution in [0.5, 0.6) is 0 Å². The van der Waals surface area contributed by atoms with Crippen LogP contribution in [0.3, 0.4) is 0 Å². The molecule has 1 atom stereocenters. The summed E-state index contributed by atoms with van der Waals surface area (Å²) in [6.07, 6.45) is 2.10. The number of hydrogen-bond donors (Lipinski definition) is 1. The molecule has 1 amide bonds. The van der Waals surface area contributed by atoms with E-state index in [9.17, 15) is 26.8 Å². The Morgan fingerprint density at radius 1 is 1.00 bits per heavy atom. The Morgan fingerprint density at radius 3 is 2.30 bits per heavy atom. The average molecular weight is 681 g/mol. The van der Waals surface area contributed by atoms with Gasteiger partial charge >= 0.3 is 10.1 Å². The predicted molar refractivity (Wildman–Crippen MR) is 174 cm³/mol. The van der Waals surface area contributed by atoms with Gasteiger partial charge in [-0.2, -0.15) is 13.5 Å². The molecule has 14 heteroatoms. The lowest BCUT2D eigenvalue weighted by atomic mass is 10.1. The summed E-state index contributed by atoms with van der Waals surface area (Å²) in [5.41, 5.74) is 4.30. The van der Waals surface area contributed by atoms with Crippen molar-refractivity contribution >= 4 is 36.8 Å². The highest BCUT2D eigenvalue weighted by atomic mass is 32.2. The molecule has 2 heterocycles. The Labute approximate surface area is 274 Å². The first kappa shape index (κ1) is 34.2. The normalized spacial score (nSPS) is 15.5. The number of aromatic nitrogens is 2. The highest BCUT2D eigenvalue weighted by Gasteiger charge is 2.47. The van der Waals surface area contributed by atoms with Gasteiger partial charge in [-0.25, -0.2) is 8.42 Å². The van der Waals surface area contributed by atoms with E-state index in [2.05, 4.69) is 38.3 Å². The third-order valence-electron chi connectivity index (χ3n) is 8.18. The van der Waals surface area contributed by atoms with Crippen LogP contribution in [0.1, 0.15) is 35.6 Å². The smallest absolute Gasteiger partial charge is 0.319 e. The van der Waals surface area contributed by atoms with E-state index in [0.29, 0.717) is 5.52 Å². The van der Waals surface area contributed by atoms with Crippen molar-refractivity contribution in [1.29, 1.82) is 0 Å². The number of sulfone groups is 1. The number of fused-ring (bicyclic) bond motifs is 1. The second kappa shape index (κ2) is 13.9. The Hall–Kier alpha value is -4.10. The van der Waals surface area contributed by atoms with Crippen LogP contribution in [-0.4, -0.2) is 85.2 Å². The molecule has 47 heavy (non-hydrogen) atoms. The molecule has 1 unspecified atom stereocenters. The highest BCUT2D eigenvalue weighted by molar-refractivity contribution is 7.92. The van der Waals surface area contributed by atoms with Crippen molar-refractivity contribution in [3.05, 3.63) is 95.2 Å². The van der Waals surface area contributed by atoms with E-state index in [1.54, 1.807) is 19.2 Å². The Kier molecular flexibility index (Phi) is 10.2. The van der Waals surface area contributed by atoms with Crippen LogP contribution in [0.15, 0.2) is 77.8 Å². The molecule has 4 aromatic rings. The number of benzene rings is 3. The van der Waals surface area contributed by atoms with Gasteiger partial charge in [0.05, 0.1) is 29.8 Å². The standard InChI is InChI=1S/C33H36N4O8S2/c1-25-4-13-30(14-5-25)47(42,43)45-37(39)32(38)33(2,46(3,40)41)16-17-36-31-15-12-27(22-29(31)23-34-36)9-6-26-7-10-28(11-8-26)24-35-18-20-44-21-19-35/h4-5,7-8,10-15,22-23,39H,16-21,24H2,1-3H3. The first-order valence-electron chi connectivity index (χ1n) is 14.9. The molecular formula is C33H36N4O8S2. The van der Waals surface area contributed by atoms with E-state index in [1.165, 1.54) is 34.5 Å². The quantitative estimate of drug-likeness (QED) is 0.150. The second-order valence-corrected chi connectivity index (χ2v) is 15.6. The van der Waals surface area contributed by atoms with Crippen LogP contribution < -0.4 is 0 Å². The van der Waals surface area contributed by atoms with Crippen LogP contribution in [0.25, 0.3) is 10.9 Å². The van der Waals surface area contributed by atoms with E-state index >= 15 is 0 Å². The maximum atomic E-state index is 13.2. The molecule has 1 N–H and O–H groups in total. The molecule has 12 nitrogen and oxygen atoms in total. The molecule has 0 saturated carbocycles. The van der Waals surface area contributed by atoms with Crippen LogP contribution in [0.2, 0.25) is 0 Å². The van der Waals surface area contributed by atoms with Crippen LogP contribution in [0.4, 0.5) is 0 Å². The largest absolute Gasteiger partial charge is 0.379 e. The second-order valence-electron chi connectivity index (χ2n) is 11.6. The summed E-state index contributed by atoms with van der Waals surface area (Å²) < 4.78 is 60.1. The average Bonchev–Trinajstić information content (AvgIpc) is 3.45. The van der Waals surface area contributed by atoms with Crippen molar-refractivity contribution in [1.82, 2.24) is 19.9 Å². The number of morpholine rings is 1. The fourth-order valence-corrected chi connectivity index (χ4v) is 6.71. The number of hydrogen-bond acceptors (Lipinski definition) is 10. The topological polar surface area (TPSA) is 148 Å². The van der Waals surface area contributed by atoms with Crippen LogP contribution in [-0.2, 0) is 46.9 Å². The van der Waals surface area contributed by atoms with Gasteiger partial charge in [-0.05, 0) is 68.3 Å². The van der Waals surface area contributed by atoms with E-state index in [1.807, 2.05) is 24.3 Å². The third-order valence-corrected chi connectivity index (χ3v) is 11.4. The minimum Gasteiger partial charge on any atom is -0.379 e. The molecule has 0 aliphatic carbocycles. The van der Waals surface area contributed by atoms with Crippen molar-refractivity contribution in [3.63, 3.8) is 0 Å². The number of hydroxylamine groups is 2. The zero-order valence-electron chi connectivity index (χ0n) is 26.3. The van der Waals surface area contributed by atoms with Crippen molar-refractivity contribution in [2.24, 2.45) is 0 Å². The summed E-state index contributed by atoms with van der Waals surface area (Å²) in [5.74, 6) is 4.89. The van der Waals surface area contributed by atoms with Gasteiger partial charge in [0.25, 0.3) is 5.91 Å². The van der Waals surface area contributed by atoms with Gasteiger partial charge in [0.15, 0.2) is 14.6 Å². The van der Waals surface area contributed by atoms with Gasteiger partial charge in [-0.15, -0.1) is 4.28 Å². The predicted octanol–water partition coefficient (Wildman–Crippen LogP) is 3.31. The molecule has 1 aromatic heterocycles. The maximum absolute atomic E-state index is 13.2. The monoisotopic (exact) mass is 680 g/mol. The fourth-order valence-electron chi connectivity index (χ4n) is 5.05. The molecule has 0 spiro atoms. The van der Waals surface area contributed by atoms with E-state index in [0.717, 1.165) is 68.1 Å². The molecule has 3 aromatic carbocycles. The number of rotatable bonds is 10. The zero-order valence-corrected chi connectivity index (χ0v) is 27.9. The summed E-state index contributed by atoms with van der Waals surface area (Å²) in [6.45, 7) is 7.05. The lowest BCUT2D eigenvalue weighted by molar-refractivity contribution is -0.264. The number of carbonyl (C=O) groups is 1. The summed E-state index contributed by atoms with van der Waals surface area (Å²) in [5, 5.41) is 14.9. The first-order chi connectivity index (χ1) is 22.2. The van der Waals surface area contributed by atoms with Crippen LogP contribution in [0, 0.1) is 18.8 Å². The van der Waals surface area contributed by atoms with Gasteiger partial charge < -0.3 is 4.74 Å². The van der Waals surface area contributed by atoms with E-state index in [4.69, 9.17) is 4.74 Å². The third kappa shape index (κ3) is 8.07. The van der Waals surface area contributed by atoms with Gasteiger partial charge in [-0.3, -0.25) is 19.6 Å². The van der Waals surface area contributed by atoms with E-state index < -0.39 is 35.8 Å². The first-order valence-corrected chi connectivity index (χ1v) is 18.2. The number of ether oxygens (including phenoxy) is 1. The fraction of sp³-hybridized carbons (Fsp3) is 0.333. The molecule has 1 aliphatic rings. The molecule has 0 radical (unpaired) electrons. The lowest BCUT2D eigenvalue weighted by Gasteiger charge is -2.28.